The molecule has 92 valence electrons. The summed E-state index contributed by atoms with van der Waals surface area (Å²) >= 11 is 3.43. The molecular weight excluding hydrogens is 282 g/mol. The van der Waals surface area contributed by atoms with E-state index in [0.29, 0.717) is 6.54 Å². The summed E-state index contributed by atoms with van der Waals surface area (Å²) in [6.07, 6.45) is 0.791. The fraction of sp³-hybridized carbons (Fsp3) is 0.500. The number of nitrogens with zero attached hydrogens (tertiary/aromatic N) is 2. The summed E-state index contributed by atoms with van der Waals surface area (Å²) in [5, 5.41) is 0. The van der Waals surface area contributed by atoms with Gasteiger partial charge in [-0.05, 0) is 48.3 Å². The van der Waals surface area contributed by atoms with E-state index in [1.54, 1.807) is 0 Å². The van der Waals surface area contributed by atoms with Gasteiger partial charge in [0.1, 0.15) is 5.82 Å². The highest BCUT2D eigenvalue weighted by Gasteiger charge is 2.39. The number of aromatic nitrogens is 1. The number of hydrogen-bond donors (Lipinski definition) is 1. The molecule has 0 bridgehead atoms. The lowest BCUT2D eigenvalue weighted by molar-refractivity contribution is -0.125. The fourth-order valence-corrected chi connectivity index (χ4v) is 2.29. The van der Waals surface area contributed by atoms with Gasteiger partial charge in [-0.1, -0.05) is 0 Å². The second-order valence-electron chi connectivity index (χ2n) is 4.83. The molecule has 1 unspecified atom stereocenters. The molecule has 4 nitrogen and oxygen atoms in total. The van der Waals surface area contributed by atoms with Crippen molar-refractivity contribution >= 4 is 27.7 Å². The molecule has 2 rings (SSSR count). The van der Waals surface area contributed by atoms with Crippen LogP contribution < -0.4 is 10.6 Å². The predicted octanol–water partition coefficient (Wildman–Crippen LogP) is 1.85. The molecule has 1 aromatic heterocycles. The van der Waals surface area contributed by atoms with Crippen molar-refractivity contribution in [3.8, 4) is 0 Å². The van der Waals surface area contributed by atoms with Gasteiger partial charge in [0.05, 0.1) is 11.1 Å². The molecule has 1 fully saturated rings. The molecular formula is C12H16BrN3O. The Morgan fingerprint density at radius 3 is 2.82 bits per heavy atom. The van der Waals surface area contributed by atoms with E-state index in [9.17, 15) is 4.79 Å². The highest BCUT2D eigenvalue weighted by Crippen LogP contribution is 2.32. The Morgan fingerprint density at radius 2 is 2.29 bits per heavy atom. The van der Waals surface area contributed by atoms with Gasteiger partial charge in [-0.3, -0.25) is 4.79 Å². The van der Waals surface area contributed by atoms with Crippen molar-refractivity contribution in [2.45, 2.75) is 20.3 Å². The number of aryl methyl sites for hydroxylation is 1. The van der Waals surface area contributed by atoms with Gasteiger partial charge in [0.15, 0.2) is 0 Å². The van der Waals surface area contributed by atoms with E-state index in [1.165, 1.54) is 0 Å². The van der Waals surface area contributed by atoms with Crippen LogP contribution in [-0.4, -0.2) is 24.0 Å². The Morgan fingerprint density at radius 1 is 1.59 bits per heavy atom. The summed E-state index contributed by atoms with van der Waals surface area (Å²) in [7, 11) is 0. The Kier molecular flexibility index (Phi) is 3.12. The Hall–Kier alpha value is -1.10. The van der Waals surface area contributed by atoms with Crippen LogP contribution in [0.25, 0.3) is 0 Å². The number of primary amides is 1. The molecule has 2 N–H and O–H groups in total. The highest BCUT2D eigenvalue weighted by atomic mass is 79.9. The highest BCUT2D eigenvalue weighted by molar-refractivity contribution is 9.10. The summed E-state index contributed by atoms with van der Waals surface area (Å²) in [6.45, 7) is 5.35. The molecule has 1 aromatic rings. The largest absolute Gasteiger partial charge is 0.369 e. The van der Waals surface area contributed by atoms with Crippen LogP contribution >= 0.6 is 15.9 Å². The van der Waals surface area contributed by atoms with Crippen LogP contribution in [0.5, 0.6) is 0 Å². The fourth-order valence-electron chi connectivity index (χ4n) is 2.06. The van der Waals surface area contributed by atoms with E-state index in [0.717, 1.165) is 29.0 Å². The third-order valence-corrected chi connectivity index (χ3v) is 4.24. The van der Waals surface area contributed by atoms with E-state index in [-0.39, 0.29) is 5.91 Å². The van der Waals surface area contributed by atoms with Gasteiger partial charge in [0.2, 0.25) is 5.91 Å². The third-order valence-electron chi connectivity index (χ3n) is 3.40. The van der Waals surface area contributed by atoms with Gasteiger partial charge in [-0.25, -0.2) is 4.98 Å². The van der Waals surface area contributed by atoms with Crippen molar-refractivity contribution < 1.29 is 4.79 Å². The summed E-state index contributed by atoms with van der Waals surface area (Å²) in [5.74, 6) is 0.685. The van der Waals surface area contributed by atoms with E-state index in [2.05, 4.69) is 25.8 Å². The predicted molar refractivity (Wildman–Crippen MR) is 70.8 cm³/mol. The van der Waals surface area contributed by atoms with Crippen LogP contribution in [0.2, 0.25) is 0 Å². The Balaban J connectivity index is 2.21. The van der Waals surface area contributed by atoms with Crippen LogP contribution in [0.4, 0.5) is 5.82 Å². The number of rotatable bonds is 2. The number of nitrogens with two attached hydrogens (primary N) is 1. The maximum absolute atomic E-state index is 11.4. The normalized spacial score (nSPS) is 24.1. The number of pyridine rings is 1. The number of hydrogen-bond acceptors (Lipinski definition) is 3. The first-order valence-corrected chi connectivity index (χ1v) is 6.40. The monoisotopic (exact) mass is 297 g/mol. The van der Waals surface area contributed by atoms with E-state index in [1.807, 2.05) is 26.0 Å². The van der Waals surface area contributed by atoms with Gasteiger partial charge in [0, 0.05) is 17.6 Å². The number of carbonyl (C=O) groups excluding carboxylic acids is 1. The first kappa shape index (κ1) is 12.4. The molecule has 0 aromatic carbocycles. The smallest absolute Gasteiger partial charge is 0.225 e. The van der Waals surface area contributed by atoms with Crippen LogP contribution in [0.3, 0.4) is 0 Å². The first-order chi connectivity index (χ1) is 7.92. The minimum absolute atomic E-state index is 0.228. The zero-order chi connectivity index (χ0) is 12.6. The van der Waals surface area contributed by atoms with Crippen molar-refractivity contribution in [2.75, 3.05) is 18.0 Å². The number of halogens is 1. The van der Waals surface area contributed by atoms with E-state index >= 15 is 0 Å². The van der Waals surface area contributed by atoms with Gasteiger partial charge in [0.25, 0.3) is 0 Å². The van der Waals surface area contributed by atoms with E-state index < -0.39 is 5.41 Å². The Labute approximate surface area is 109 Å². The van der Waals surface area contributed by atoms with Crippen LogP contribution in [0.15, 0.2) is 16.6 Å². The van der Waals surface area contributed by atoms with Crippen LogP contribution in [-0.2, 0) is 4.79 Å². The SMILES string of the molecule is Cc1nc(N2CCC(C)(C(N)=O)C2)ccc1Br. The van der Waals surface area contributed by atoms with E-state index in [4.69, 9.17) is 5.73 Å². The maximum Gasteiger partial charge on any atom is 0.225 e. The number of amides is 1. The average Bonchev–Trinajstić information content (AvgIpc) is 2.67. The Bertz CT molecular complexity index is 463. The zero-order valence-corrected chi connectivity index (χ0v) is 11.6. The summed E-state index contributed by atoms with van der Waals surface area (Å²) < 4.78 is 0.998. The second-order valence-corrected chi connectivity index (χ2v) is 5.69. The van der Waals surface area contributed by atoms with Gasteiger partial charge >= 0.3 is 0 Å². The minimum atomic E-state index is -0.428. The van der Waals surface area contributed by atoms with Gasteiger partial charge in [-0.2, -0.15) is 0 Å². The lowest BCUT2D eigenvalue weighted by atomic mass is 9.89. The lowest BCUT2D eigenvalue weighted by Crippen LogP contribution is -2.37. The standard InChI is InChI=1S/C12H16BrN3O/c1-8-9(13)3-4-10(15-8)16-6-5-12(2,7-16)11(14)17/h3-4H,5-7H2,1-2H3,(H2,14,17). The first-order valence-electron chi connectivity index (χ1n) is 5.60. The van der Waals surface area contributed by atoms with Crippen molar-refractivity contribution in [1.82, 2.24) is 4.98 Å². The number of anilines is 1. The van der Waals surface area contributed by atoms with Gasteiger partial charge in [-0.15, -0.1) is 0 Å². The molecule has 1 amide bonds. The topological polar surface area (TPSA) is 59.2 Å². The molecule has 1 aliphatic heterocycles. The van der Waals surface area contributed by atoms with Crippen molar-refractivity contribution in [3.63, 3.8) is 0 Å². The lowest BCUT2D eigenvalue weighted by Gasteiger charge is -2.22. The molecule has 0 aliphatic carbocycles. The molecule has 17 heavy (non-hydrogen) atoms. The summed E-state index contributed by atoms with van der Waals surface area (Å²) in [6, 6.07) is 3.95. The molecule has 5 heteroatoms. The minimum Gasteiger partial charge on any atom is -0.369 e. The number of carbonyl (C=O) groups is 1. The third kappa shape index (κ3) is 2.29. The van der Waals surface area contributed by atoms with Crippen LogP contribution in [0.1, 0.15) is 19.0 Å². The second kappa shape index (κ2) is 4.29. The molecule has 0 saturated carbocycles. The summed E-state index contributed by atoms with van der Waals surface area (Å²) in [4.78, 5) is 18.0. The maximum atomic E-state index is 11.4. The molecule has 2 heterocycles. The molecule has 1 saturated heterocycles. The molecule has 0 radical (unpaired) electrons. The van der Waals surface area contributed by atoms with Gasteiger partial charge < -0.3 is 10.6 Å². The average molecular weight is 298 g/mol. The molecule has 0 spiro atoms. The van der Waals surface area contributed by atoms with Crippen LogP contribution in [0, 0.1) is 12.3 Å². The van der Waals surface area contributed by atoms with Crippen molar-refractivity contribution in [2.24, 2.45) is 11.1 Å². The quantitative estimate of drug-likeness (QED) is 0.906. The zero-order valence-electron chi connectivity index (χ0n) is 10.0. The molecule has 1 atom stereocenters. The van der Waals surface area contributed by atoms with Crippen molar-refractivity contribution in [1.29, 1.82) is 0 Å². The molecule has 1 aliphatic rings. The summed E-state index contributed by atoms with van der Waals surface area (Å²) in [5.41, 5.74) is 5.96. The van der Waals surface area contributed by atoms with Crippen molar-refractivity contribution in [3.05, 3.63) is 22.3 Å².